The van der Waals surface area contributed by atoms with Crippen LogP contribution in [0.4, 0.5) is 5.69 Å². The van der Waals surface area contributed by atoms with Gasteiger partial charge in [0, 0.05) is 0 Å². The molecule has 1 saturated heterocycles. The smallest absolute Gasteiger partial charge is 0.335 e. The molecule has 3 aromatic carbocycles. The van der Waals surface area contributed by atoms with Gasteiger partial charge in [-0.05, 0) is 65.8 Å². The number of benzene rings is 3. The van der Waals surface area contributed by atoms with E-state index in [9.17, 15) is 14.4 Å². The fourth-order valence-electron chi connectivity index (χ4n) is 3.43. The largest absolute Gasteiger partial charge is 0.493 e. The van der Waals surface area contributed by atoms with Gasteiger partial charge in [-0.3, -0.25) is 19.8 Å². The van der Waals surface area contributed by atoms with Gasteiger partial charge in [0.25, 0.3) is 11.8 Å². The molecule has 2 N–H and O–H groups in total. The number of carbonyl (C=O) groups is 3. The maximum Gasteiger partial charge on any atom is 0.335 e. The number of carboxylic acids is 1. The van der Waals surface area contributed by atoms with Gasteiger partial charge in [0.15, 0.2) is 16.6 Å². The number of ether oxygens (including phenoxy) is 2. The second kappa shape index (κ2) is 10.2. The first kappa shape index (κ1) is 23.7. The fraction of sp³-hybridized carbons (Fsp3) is 0.0769. The van der Waals surface area contributed by atoms with Crippen molar-refractivity contribution in [2.45, 2.75) is 6.61 Å². The zero-order valence-electron chi connectivity index (χ0n) is 18.6. The third-order valence-corrected chi connectivity index (χ3v) is 5.49. The highest BCUT2D eigenvalue weighted by Crippen LogP contribution is 2.30. The Kier molecular flexibility index (Phi) is 6.88. The number of rotatable bonds is 7. The number of nitrogens with zero attached hydrogens (tertiary/aromatic N) is 1. The van der Waals surface area contributed by atoms with Crippen LogP contribution < -0.4 is 19.7 Å². The van der Waals surface area contributed by atoms with E-state index < -0.39 is 17.8 Å². The van der Waals surface area contributed by atoms with E-state index in [0.717, 1.165) is 5.56 Å². The summed E-state index contributed by atoms with van der Waals surface area (Å²) in [7, 11) is 1.48. The molecule has 0 aliphatic carbocycles. The summed E-state index contributed by atoms with van der Waals surface area (Å²) in [6.07, 6.45) is 1.46. The highest BCUT2D eigenvalue weighted by atomic mass is 32.1. The van der Waals surface area contributed by atoms with Gasteiger partial charge in [-0.25, -0.2) is 4.79 Å². The van der Waals surface area contributed by atoms with Crippen molar-refractivity contribution >= 4 is 46.9 Å². The summed E-state index contributed by atoms with van der Waals surface area (Å²) in [6, 6.07) is 20.2. The van der Waals surface area contributed by atoms with Gasteiger partial charge < -0.3 is 14.6 Å². The molecule has 9 heteroatoms. The molecule has 1 fully saturated rings. The maximum atomic E-state index is 13.1. The molecule has 0 unspecified atom stereocenters. The topological polar surface area (TPSA) is 105 Å². The highest BCUT2D eigenvalue weighted by Gasteiger charge is 2.34. The molecule has 2 amide bonds. The van der Waals surface area contributed by atoms with E-state index in [2.05, 4.69) is 5.32 Å². The average Bonchev–Trinajstić information content (AvgIpc) is 2.86. The van der Waals surface area contributed by atoms with Gasteiger partial charge in [-0.15, -0.1) is 0 Å². The van der Waals surface area contributed by atoms with Crippen molar-refractivity contribution in [2.75, 3.05) is 12.0 Å². The SMILES string of the molecule is COc1cc(/C=C2\C(=O)NC(=S)N(c3ccccc3)C2=O)ccc1OCc1ccc(C(=O)O)cc1. The third kappa shape index (κ3) is 5.20. The number of carboxylic acid groups (broad SMARTS) is 1. The van der Waals surface area contributed by atoms with Gasteiger partial charge >= 0.3 is 5.97 Å². The zero-order chi connectivity index (χ0) is 24.9. The maximum absolute atomic E-state index is 13.1. The normalized spacial score (nSPS) is 14.6. The Morgan fingerprint density at radius 2 is 1.74 bits per heavy atom. The molecule has 1 heterocycles. The number of anilines is 1. The summed E-state index contributed by atoms with van der Waals surface area (Å²) in [5.41, 5.74) is 2.00. The van der Waals surface area contributed by atoms with Crippen LogP contribution in [0.5, 0.6) is 11.5 Å². The lowest BCUT2D eigenvalue weighted by atomic mass is 10.1. The Morgan fingerprint density at radius 1 is 1.03 bits per heavy atom. The molecule has 1 aliphatic heterocycles. The molecule has 3 aromatic rings. The molecule has 0 spiro atoms. The minimum absolute atomic E-state index is 0.0149. The van der Waals surface area contributed by atoms with E-state index in [-0.39, 0.29) is 22.9 Å². The van der Waals surface area contributed by atoms with Crippen LogP contribution >= 0.6 is 12.2 Å². The number of methoxy groups -OCH3 is 1. The number of carbonyl (C=O) groups excluding carboxylic acids is 2. The van der Waals surface area contributed by atoms with Crippen molar-refractivity contribution in [3.63, 3.8) is 0 Å². The van der Waals surface area contributed by atoms with E-state index in [4.69, 9.17) is 26.8 Å². The van der Waals surface area contributed by atoms with Crippen LogP contribution in [0.3, 0.4) is 0 Å². The molecule has 0 radical (unpaired) electrons. The first-order chi connectivity index (χ1) is 16.9. The number of amides is 2. The van der Waals surface area contributed by atoms with Crippen molar-refractivity contribution in [2.24, 2.45) is 0 Å². The van der Waals surface area contributed by atoms with Gasteiger partial charge in [-0.2, -0.15) is 0 Å². The number of aromatic carboxylic acids is 1. The van der Waals surface area contributed by atoms with Crippen molar-refractivity contribution in [1.29, 1.82) is 0 Å². The number of thiocarbonyl (C=S) groups is 1. The minimum atomic E-state index is -0.998. The van der Waals surface area contributed by atoms with Crippen LogP contribution in [-0.2, 0) is 16.2 Å². The highest BCUT2D eigenvalue weighted by molar-refractivity contribution is 7.80. The fourth-order valence-corrected chi connectivity index (χ4v) is 3.71. The molecule has 35 heavy (non-hydrogen) atoms. The van der Waals surface area contributed by atoms with Gasteiger partial charge in [0.2, 0.25) is 0 Å². The van der Waals surface area contributed by atoms with Crippen LogP contribution in [0.1, 0.15) is 21.5 Å². The standard InChI is InChI=1S/C26H20N2O6S/c1-33-22-14-17(9-12-21(22)34-15-16-7-10-18(11-8-16)25(31)32)13-20-23(29)27-26(35)28(24(20)30)19-5-3-2-4-6-19/h2-14H,15H2,1H3,(H,31,32)(H,27,29,35)/b20-13+. The molecular weight excluding hydrogens is 468 g/mol. The number of hydrogen-bond donors (Lipinski definition) is 2. The summed E-state index contributed by atoms with van der Waals surface area (Å²) in [5.74, 6) is -1.27. The van der Waals surface area contributed by atoms with Crippen LogP contribution in [0.15, 0.2) is 78.4 Å². The van der Waals surface area contributed by atoms with Crippen molar-refractivity contribution in [3.8, 4) is 11.5 Å². The third-order valence-electron chi connectivity index (χ3n) is 5.21. The predicted molar refractivity (Wildman–Crippen MR) is 133 cm³/mol. The molecule has 0 bridgehead atoms. The summed E-state index contributed by atoms with van der Waals surface area (Å²) in [4.78, 5) is 37.9. The summed E-state index contributed by atoms with van der Waals surface area (Å²) in [6.45, 7) is 0.196. The Labute approximate surface area is 206 Å². The van der Waals surface area contributed by atoms with Crippen molar-refractivity contribution in [3.05, 3.63) is 95.1 Å². The van der Waals surface area contributed by atoms with Crippen LogP contribution in [0.2, 0.25) is 0 Å². The number of nitrogens with one attached hydrogen (secondary N) is 1. The van der Waals surface area contributed by atoms with E-state index in [0.29, 0.717) is 22.7 Å². The quantitative estimate of drug-likeness (QED) is 0.296. The average molecular weight is 489 g/mol. The second-order valence-corrected chi connectivity index (χ2v) is 7.88. The van der Waals surface area contributed by atoms with Crippen LogP contribution in [-0.4, -0.2) is 35.1 Å². The number of hydrogen-bond acceptors (Lipinski definition) is 6. The first-order valence-corrected chi connectivity index (χ1v) is 10.9. The van der Waals surface area contributed by atoms with Gasteiger partial charge in [0.1, 0.15) is 12.2 Å². The van der Waals surface area contributed by atoms with Gasteiger partial charge in [0.05, 0.1) is 18.4 Å². The second-order valence-electron chi connectivity index (χ2n) is 7.49. The molecule has 8 nitrogen and oxygen atoms in total. The first-order valence-electron chi connectivity index (χ1n) is 10.5. The van der Waals surface area contributed by atoms with Gasteiger partial charge in [-0.1, -0.05) is 36.4 Å². The molecular formula is C26H20N2O6S. The molecule has 0 saturated carbocycles. The predicted octanol–water partition coefficient (Wildman–Crippen LogP) is 3.80. The Balaban J connectivity index is 1.55. The lowest BCUT2D eigenvalue weighted by Gasteiger charge is -2.28. The minimum Gasteiger partial charge on any atom is -0.493 e. The van der Waals surface area contributed by atoms with E-state index in [1.54, 1.807) is 54.6 Å². The van der Waals surface area contributed by atoms with Crippen LogP contribution in [0, 0.1) is 0 Å². The summed E-state index contributed by atoms with van der Waals surface area (Å²) < 4.78 is 11.3. The Morgan fingerprint density at radius 3 is 2.40 bits per heavy atom. The molecule has 1 aliphatic rings. The summed E-state index contributed by atoms with van der Waals surface area (Å²) >= 11 is 5.21. The monoisotopic (exact) mass is 488 g/mol. The number of para-hydroxylation sites is 1. The molecule has 0 atom stereocenters. The molecule has 4 rings (SSSR count). The van der Waals surface area contributed by atoms with E-state index in [1.165, 1.54) is 30.2 Å². The van der Waals surface area contributed by atoms with Crippen molar-refractivity contribution < 1.29 is 29.0 Å². The van der Waals surface area contributed by atoms with E-state index >= 15 is 0 Å². The summed E-state index contributed by atoms with van der Waals surface area (Å²) in [5, 5.41) is 11.6. The van der Waals surface area contributed by atoms with E-state index in [1.807, 2.05) is 6.07 Å². The molecule has 176 valence electrons. The van der Waals surface area contributed by atoms with Crippen molar-refractivity contribution in [1.82, 2.24) is 5.32 Å². The van der Waals surface area contributed by atoms with Crippen LogP contribution in [0.25, 0.3) is 6.08 Å². The molecule has 0 aromatic heterocycles. The lowest BCUT2D eigenvalue weighted by Crippen LogP contribution is -2.54. The Hall–Kier alpha value is -4.50. The zero-order valence-corrected chi connectivity index (χ0v) is 19.4. The Bertz CT molecular complexity index is 1340. The lowest BCUT2D eigenvalue weighted by molar-refractivity contribution is -0.122.